The second-order valence-corrected chi connectivity index (χ2v) is 7.20. The van der Waals surface area contributed by atoms with E-state index in [1.54, 1.807) is 6.20 Å². The Kier molecular flexibility index (Phi) is 4.36. The van der Waals surface area contributed by atoms with Crippen LogP contribution in [0.4, 0.5) is 0 Å². The number of hydrogen-bond donors (Lipinski definition) is 0. The standard InChI is InChI=1S/C19H19N3O2S/c1-13-4-7-17(24-13)19-21-15(12-25-19)9-18(23)22(16-5-6-16)11-14-3-2-8-20-10-14/h2-4,7-8,10,12,16H,5-6,9,11H2,1H3. The molecule has 0 bridgehead atoms. The van der Waals surface area contributed by atoms with Crippen LogP contribution in [-0.4, -0.2) is 26.8 Å². The van der Waals surface area contributed by atoms with E-state index in [4.69, 9.17) is 4.42 Å². The Morgan fingerprint density at radius 2 is 2.24 bits per heavy atom. The fourth-order valence-electron chi connectivity index (χ4n) is 2.80. The van der Waals surface area contributed by atoms with Gasteiger partial charge in [-0.2, -0.15) is 0 Å². The van der Waals surface area contributed by atoms with Gasteiger partial charge in [0.25, 0.3) is 0 Å². The lowest BCUT2D eigenvalue weighted by Gasteiger charge is -2.22. The number of furan rings is 1. The molecular weight excluding hydrogens is 334 g/mol. The zero-order chi connectivity index (χ0) is 17.2. The molecule has 1 amide bonds. The summed E-state index contributed by atoms with van der Waals surface area (Å²) in [7, 11) is 0. The van der Waals surface area contributed by atoms with Gasteiger partial charge in [0.2, 0.25) is 5.91 Å². The topological polar surface area (TPSA) is 59.2 Å². The fourth-order valence-corrected chi connectivity index (χ4v) is 3.58. The SMILES string of the molecule is Cc1ccc(-c2nc(CC(=O)N(Cc3cccnc3)C3CC3)cs2)o1. The molecule has 0 aliphatic heterocycles. The summed E-state index contributed by atoms with van der Waals surface area (Å²) in [6, 6.07) is 8.11. The number of rotatable bonds is 6. The lowest BCUT2D eigenvalue weighted by Crippen LogP contribution is -2.33. The summed E-state index contributed by atoms with van der Waals surface area (Å²) >= 11 is 1.51. The molecule has 3 aromatic heterocycles. The zero-order valence-electron chi connectivity index (χ0n) is 14.0. The van der Waals surface area contributed by atoms with Crippen LogP contribution in [0.5, 0.6) is 0 Å². The first-order valence-corrected chi connectivity index (χ1v) is 9.26. The third-order valence-corrected chi connectivity index (χ3v) is 5.12. The summed E-state index contributed by atoms with van der Waals surface area (Å²) in [4.78, 5) is 23.5. The van der Waals surface area contributed by atoms with Crippen LogP contribution in [-0.2, 0) is 17.8 Å². The Morgan fingerprint density at radius 1 is 1.36 bits per heavy atom. The van der Waals surface area contributed by atoms with E-state index in [0.29, 0.717) is 19.0 Å². The minimum atomic E-state index is 0.124. The minimum Gasteiger partial charge on any atom is -0.459 e. The molecule has 1 fully saturated rings. The predicted molar refractivity (Wildman–Crippen MR) is 96.1 cm³/mol. The predicted octanol–water partition coefficient (Wildman–Crippen LogP) is 3.84. The van der Waals surface area contributed by atoms with E-state index in [9.17, 15) is 4.79 Å². The molecule has 0 atom stereocenters. The van der Waals surface area contributed by atoms with Crippen LogP contribution in [0.3, 0.4) is 0 Å². The third kappa shape index (κ3) is 3.79. The van der Waals surface area contributed by atoms with E-state index in [0.717, 1.165) is 40.6 Å². The van der Waals surface area contributed by atoms with Gasteiger partial charge in [-0.15, -0.1) is 11.3 Å². The number of pyridine rings is 1. The molecular formula is C19H19N3O2S. The number of carbonyl (C=O) groups is 1. The Hall–Kier alpha value is -2.47. The average Bonchev–Trinajstić information content (AvgIpc) is 3.20. The summed E-state index contributed by atoms with van der Waals surface area (Å²) in [6.07, 6.45) is 6.07. The quantitative estimate of drug-likeness (QED) is 0.675. The molecule has 0 saturated heterocycles. The monoisotopic (exact) mass is 353 g/mol. The van der Waals surface area contributed by atoms with Crippen LogP contribution in [0.15, 0.2) is 46.5 Å². The molecule has 5 nitrogen and oxygen atoms in total. The number of aromatic nitrogens is 2. The van der Waals surface area contributed by atoms with Gasteiger partial charge < -0.3 is 9.32 Å². The zero-order valence-corrected chi connectivity index (χ0v) is 14.8. The van der Waals surface area contributed by atoms with Crippen LogP contribution in [0.2, 0.25) is 0 Å². The molecule has 6 heteroatoms. The van der Waals surface area contributed by atoms with E-state index in [1.165, 1.54) is 11.3 Å². The largest absolute Gasteiger partial charge is 0.459 e. The van der Waals surface area contributed by atoms with Crippen molar-refractivity contribution in [2.45, 2.75) is 38.8 Å². The molecule has 3 heterocycles. The second-order valence-electron chi connectivity index (χ2n) is 6.35. The highest BCUT2D eigenvalue weighted by Crippen LogP contribution is 2.30. The smallest absolute Gasteiger partial charge is 0.229 e. The van der Waals surface area contributed by atoms with Gasteiger partial charge in [0.1, 0.15) is 5.76 Å². The van der Waals surface area contributed by atoms with Crippen molar-refractivity contribution in [1.82, 2.24) is 14.9 Å². The summed E-state index contributed by atoms with van der Waals surface area (Å²) in [5.74, 6) is 1.74. The molecule has 3 aromatic rings. The Balaban J connectivity index is 1.45. The summed E-state index contributed by atoms with van der Waals surface area (Å²) < 4.78 is 5.61. The molecule has 0 aromatic carbocycles. The van der Waals surface area contributed by atoms with Crippen molar-refractivity contribution in [1.29, 1.82) is 0 Å². The van der Waals surface area contributed by atoms with Crippen molar-refractivity contribution in [2.75, 3.05) is 0 Å². The van der Waals surface area contributed by atoms with E-state index in [2.05, 4.69) is 9.97 Å². The van der Waals surface area contributed by atoms with Gasteiger partial charge in [-0.05, 0) is 43.5 Å². The Morgan fingerprint density at radius 3 is 2.92 bits per heavy atom. The Bertz CT molecular complexity index is 868. The van der Waals surface area contributed by atoms with E-state index >= 15 is 0 Å². The highest BCUT2D eigenvalue weighted by atomic mass is 32.1. The van der Waals surface area contributed by atoms with Crippen molar-refractivity contribution >= 4 is 17.2 Å². The van der Waals surface area contributed by atoms with Crippen LogP contribution >= 0.6 is 11.3 Å². The molecule has 1 aliphatic carbocycles. The van der Waals surface area contributed by atoms with Crippen LogP contribution in [0, 0.1) is 6.92 Å². The fraction of sp³-hybridized carbons (Fsp3) is 0.316. The van der Waals surface area contributed by atoms with E-state index in [-0.39, 0.29) is 5.91 Å². The molecule has 128 valence electrons. The second kappa shape index (κ2) is 6.80. The first kappa shape index (κ1) is 16.0. The van der Waals surface area contributed by atoms with Crippen molar-refractivity contribution < 1.29 is 9.21 Å². The first-order chi connectivity index (χ1) is 12.2. The molecule has 0 unspecified atom stereocenters. The summed E-state index contributed by atoms with van der Waals surface area (Å²) in [6.45, 7) is 2.53. The number of thiazole rings is 1. The highest BCUT2D eigenvalue weighted by Gasteiger charge is 2.32. The molecule has 1 saturated carbocycles. The first-order valence-electron chi connectivity index (χ1n) is 8.38. The lowest BCUT2D eigenvalue weighted by molar-refractivity contribution is -0.131. The van der Waals surface area contributed by atoms with Crippen molar-refractivity contribution in [2.24, 2.45) is 0 Å². The van der Waals surface area contributed by atoms with Gasteiger partial charge in [-0.25, -0.2) is 4.98 Å². The average molecular weight is 353 g/mol. The van der Waals surface area contributed by atoms with Crippen LogP contribution < -0.4 is 0 Å². The normalized spacial score (nSPS) is 13.8. The van der Waals surface area contributed by atoms with Gasteiger partial charge in [0.15, 0.2) is 10.8 Å². The maximum absolute atomic E-state index is 12.8. The van der Waals surface area contributed by atoms with Gasteiger partial charge in [-0.3, -0.25) is 9.78 Å². The number of hydrogen-bond acceptors (Lipinski definition) is 5. The highest BCUT2D eigenvalue weighted by molar-refractivity contribution is 7.13. The molecule has 1 aliphatic rings. The number of aryl methyl sites for hydroxylation is 1. The van der Waals surface area contributed by atoms with Crippen molar-refractivity contribution in [3.05, 3.63) is 59.1 Å². The van der Waals surface area contributed by atoms with Crippen LogP contribution in [0.25, 0.3) is 10.8 Å². The summed E-state index contributed by atoms with van der Waals surface area (Å²) in [5.41, 5.74) is 1.86. The lowest BCUT2D eigenvalue weighted by atomic mass is 10.2. The van der Waals surface area contributed by atoms with Crippen molar-refractivity contribution in [3.63, 3.8) is 0 Å². The maximum Gasteiger partial charge on any atom is 0.229 e. The molecule has 0 spiro atoms. The summed E-state index contributed by atoms with van der Waals surface area (Å²) in [5, 5.41) is 2.77. The van der Waals surface area contributed by atoms with E-state index in [1.807, 2.05) is 47.7 Å². The third-order valence-electron chi connectivity index (χ3n) is 4.22. The number of amides is 1. The van der Waals surface area contributed by atoms with Gasteiger partial charge in [0, 0.05) is 30.4 Å². The van der Waals surface area contributed by atoms with Gasteiger partial charge in [-0.1, -0.05) is 6.07 Å². The molecule has 0 N–H and O–H groups in total. The molecule has 0 radical (unpaired) electrons. The van der Waals surface area contributed by atoms with Gasteiger partial charge in [0.05, 0.1) is 12.1 Å². The maximum atomic E-state index is 12.8. The Labute approximate surface area is 150 Å². The number of nitrogens with zero attached hydrogens (tertiary/aromatic N) is 3. The molecule has 4 rings (SSSR count). The number of carbonyl (C=O) groups excluding carboxylic acids is 1. The van der Waals surface area contributed by atoms with Crippen molar-refractivity contribution in [3.8, 4) is 10.8 Å². The van der Waals surface area contributed by atoms with E-state index < -0.39 is 0 Å². The van der Waals surface area contributed by atoms with Gasteiger partial charge >= 0.3 is 0 Å². The van der Waals surface area contributed by atoms with Crippen LogP contribution in [0.1, 0.15) is 29.9 Å². The minimum absolute atomic E-state index is 0.124. The molecule has 25 heavy (non-hydrogen) atoms.